The van der Waals surface area contributed by atoms with Crippen LogP contribution in [0.15, 0.2) is 54.1 Å². The van der Waals surface area contributed by atoms with Gasteiger partial charge in [-0.2, -0.15) is 0 Å². The lowest BCUT2D eigenvalue weighted by atomic mass is 10.0. The maximum atomic E-state index is 13.8. The third-order valence-electron chi connectivity index (χ3n) is 4.28. The lowest BCUT2D eigenvalue weighted by Gasteiger charge is -2.15. The van der Waals surface area contributed by atoms with Crippen LogP contribution in [0.4, 0.5) is 4.39 Å². The summed E-state index contributed by atoms with van der Waals surface area (Å²) in [6, 6.07) is 13.7. The van der Waals surface area contributed by atoms with E-state index < -0.39 is 23.0 Å². The summed E-state index contributed by atoms with van der Waals surface area (Å²) < 4.78 is 26.3. The van der Waals surface area contributed by atoms with Crippen molar-refractivity contribution in [2.75, 3.05) is 6.26 Å². The molecule has 0 amide bonds. The Labute approximate surface area is 148 Å². The smallest absolute Gasteiger partial charge is 0.307 e. The zero-order chi connectivity index (χ0) is 18.1. The number of aliphatic carboxylic acids is 1. The highest BCUT2D eigenvalue weighted by Gasteiger charge is 2.31. The average Bonchev–Trinajstić information content (AvgIpc) is 2.81. The molecule has 0 spiro atoms. The van der Waals surface area contributed by atoms with E-state index in [0.717, 1.165) is 22.3 Å². The van der Waals surface area contributed by atoms with Crippen molar-refractivity contribution >= 4 is 33.2 Å². The Kier molecular flexibility index (Phi) is 4.79. The first kappa shape index (κ1) is 17.5. The number of benzene rings is 2. The van der Waals surface area contributed by atoms with Crippen molar-refractivity contribution in [3.8, 4) is 0 Å². The summed E-state index contributed by atoms with van der Waals surface area (Å²) in [6.07, 6.45) is 1.39. The van der Waals surface area contributed by atoms with Crippen LogP contribution in [0.1, 0.15) is 30.0 Å². The molecule has 0 saturated carbocycles. The molecule has 5 heteroatoms. The summed E-state index contributed by atoms with van der Waals surface area (Å²) in [5.74, 6) is -1.40. The van der Waals surface area contributed by atoms with Gasteiger partial charge in [-0.15, -0.1) is 0 Å². The Bertz CT molecular complexity index is 898. The summed E-state index contributed by atoms with van der Waals surface area (Å²) in [4.78, 5) is 11.9. The van der Waals surface area contributed by atoms with Crippen LogP contribution in [0, 0.1) is 5.82 Å². The van der Waals surface area contributed by atoms with Crippen molar-refractivity contribution in [2.45, 2.75) is 13.3 Å². The summed E-state index contributed by atoms with van der Waals surface area (Å²) in [5, 5.41) is 9.23. The molecule has 0 saturated heterocycles. The monoisotopic (exact) mass is 356 g/mol. The first-order valence-electron chi connectivity index (χ1n) is 7.75. The predicted molar refractivity (Wildman–Crippen MR) is 98.6 cm³/mol. The fourth-order valence-electron chi connectivity index (χ4n) is 3.25. The van der Waals surface area contributed by atoms with Crippen molar-refractivity contribution < 1.29 is 18.8 Å². The van der Waals surface area contributed by atoms with Crippen molar-refractivity contribution in [1.29, 1.82) is 0 Å². The maximum Gasteiger partial charge on any atom is 0.307 e. The molecule has 3 rings (SSSR count). The standard InChI is InChI=1S/C20H17FO3S/c1-12-16(11-18(22)23)17-10-14(21)8-9-15(17)19(12)20(25(2)24)13-6-4-3-5-7-13/h3-10H,11H2,1-2H3,(H,22,23). The molecule has 1 unspecified atom stereocenters. The summed E-state index contributed by atoms with van der Waals surface area (Å²) in [6.45, 7) is 1.81. The molecule has 128 valence electrons. The minimum atomic E-state index is -1.30. The Hall–Kier alpha value is -2.37. The van der Waals surface area contributed by atoms with Crippen LogP contribution >= 0.6 is 0 Å². The van der Waals surface area contributed by atoms with Crippen LogP contribution in [0.3, 0.4) is 0 Å². The number of rotatable bonds is 4. The van der Waals surface area contributed by atoms with Gasteiger partial charge in [-0.3, -0.25) is 4.79 Å². The molecular formula is C20H17FO3S. The Balaban J connectivity index is 2.34. The average molecular weight is 356 g/mol. The zero-order valence-electron chi connectivity index (χ0n) is 13.9. The van der Waals surface area contributed by atoms with Gasteiger partial charge in [0, 0.05) is 11.1 Å². The molecule has 25 heavy (non-hydrogen) atoms. The van der Waals surface area contributed by atoms with E-state index in [2.05, 4.69) is 0 Å². The highest BCUT2D eigenvalue weighted by molar-refractivity contribution is 8.00. The normalized spacial score (nSPS) is 16.6. The molecule has 0 aliphatic heterocycles. The molecule has 1 N–H and O–H groups in total. The number of carboxylic acid groups (broad SMARTS) is 1. The highest BCUT2D eigenvalue weighted by Crippen LogP contribution is 2.47. The Morgan fingerprint density at radius 1 is 1.16 bits per heavy atom. The van der Waals surface area contributed by atoms with E-state index >= 15 is 0 Å². The summed E-state index contributed by atoms with van der Waals surface area (Å²) in [5.41, 5.74) is 4.13. The van der Waals surface area contributed by atoms with Crippen LogP contribution in [-0.4, -0.2) is 21.9 Å². The zero-order valence-corrected chi connectivity index (χ0v) is 14.7. The third kappa shape index (κ3) is 3.25. The molecule has 2 aromatic carbocycles. The molecular weight excluding hydrogens is 339 g/mol. The quantitative estimate of drug-likeness (QED) is 0.829. The molecule has 0 bridgehead atoms. The van der Waals surface area contributed by atoms with Gasteiger partial charge in [0.25, 0.3) is 0 Å². The van der Waals surface area contributed by atoms with E-state index in [1.165, 1.54) is 12.1 Å². The van der Waals surface area contributed by atoms with Crippen molar-refractivity contribution in [1.82, 2.24) is 0 Å². The van der Waals surface area contributed by atoms with E-state index in [9.17, 15) is 18.8 Å². The lowest BCUT2D eigenvalue weighted by molar-refractivity contribution is -0.135. The Morgan fingerprint density at radius 2 is 1.84 bits per heavy atom. The third-order valence-corrected chi connectivity index (χ3v) is 5.30. The van der Waals surface area contributed by atoms with Gasteiger partial charge in [0.15, 0.2) is 4.91 Å². The van der Waals surface area contributed by atoms with Crippen LogP contribution in [-0.2, 0) is 16.0 Å². The van der Waals surface area contributed by atoms with Gasteiger partial charge in [-0.25, -0.2) is 4.39 Å². The highest BCUT2D eigenvalue weighted by atomic mass is 32.2. The van der Waals surface area contributed by atoms with Crippen molar-refractivity contribution in [2.24, 2.45) is 0 Å². The SMILES string of the molecule is CC1=C(CC(=O)O)c2cc(F)ccc2C1=C(c1ccccc1)[S+](C)[O-]. The van der Waals surface area contributed by atoms with E-state index in [0.29, 0.717) is 16.0 Å². The second kappa shape index (κ2) is 6.86. The lowest BCUT2D eigenvalue weighted by Crippen LogP contribution is -2.04. The minimum Gasteiger partial charge on any atom is -0.612 e. The number of carbonyl (C=O) groups is 1. The van der Waals surface area contributed by atoms with Gasteiger partial charge >= 0.3 is 5.97 Å². The molecule has 0 heterocycles. The molecule has 0 radical (unpaired) electrons. The van der Waals surface area contributed by atoms with Crippen LogP contribution in [0.2, 0.25) is 0 Å². The number of hydrogen-bond acceptors (Lipinski definition) is 2. The fourth-order valence-corrected chi connectivity index (χ4v) is 4.27. The number of carboxylic acids is 1. The van der Waals surface area contributed by atoms with E-state index in [1.54, 1.807) is 19.2 Å². The number of halogens is 1. The van der Waals surface area contributed by atoms with E-state index in [1.807, 2.05) is 30.3 Å². The van der Waals surface area contributed by atoms with Crippen LogP contribution < -0.4 is 0 Å². The first-order valence-corrected chi connectivity index (χ1v) is 9.31. The van der Waals surface area contributed by atoms with Gasteiger partial charge in [-0.05, 0) is 64.6 Å². The van der Waals surface area contributed by atoms with E-state index in [-0.39, 0.29) is 6.42 Å². The van der Waals surface area contributed by atoms with Crippen molar-refractivity contribution in [3.05, 3.63) is 76.6 Å². The molecule has 2 aromatic rings. The number of hydrogen-bond donors (Lipinski definition) is 1. The number of fused-ring (bicyclic) bond motifs is 1. The Morgan fingerprint density at radius 3 is 2.44 bits per heavy atom. The topological polar surface area (TPSA) is 60.4 Å². The first-order chi connectivity index (χ1) is 11.9. The second-order valence-corrected chi connectivity index (χ2v) is 7.20. The number of allylic oxidation sites excluding steroid dienone is 2. The molecule has 0 aromatic heterocycles. The maximum absolute atomic E-state index is 13.8. The fraction of sp³-hybridized carbons (Fsp3) is 0.150. The minimum absolute atomic E-state index is 0.204. The molecule has 0 fully saturated rings. The molecule has 1 atom stereocenters. The predicted octanol–water partition coefficient (Wildman–Crippen LogP) is 4.33. The second-order valence-electron chi connectivity index (χ2n) is 5.89. The summed E-state index contributed by atoms with van der Waals surface area (Å²) >= 11 is -1.30. The summed E-state index contributed by atoms with van der Waals surface area (Å²) in [7, 11) is 0. The van der Waals surface area contributed by atoms with Gasteiger partial charge < -0.3 is 9.66 Å². The van der Waals surface area contributed by atoms with Crippen LogP contribution in [0.5, 0.6) is 0 Å². The largest absolute Gasteiger partial charge is 0.612 e. The van der Waals surface area contributed by atoms with Gasteiger partial charge in [0.2, 0.25) is 0 Å². The molecule has 1 aliphatic carbocycles. The van der Waals surface area contributed by atoms with Gasteiger partial charge in [0.1, 0.15) is 12.1 Å². The van der Waals surface area contributed by atoms with Gasteiger partial charge in [0.05, 0.1) is 6.42 Å². The van der Waals surface area contributed by atoms with Crippen LogP contribution in [0.25, 0.3) is 16.1 Å². The molecule has 3 nitrogen and oxygen atoms in total. The molecule has 1 aliphatic rings. The van der Waals surface area contributed by atoms with E-state index in [4.69, 9.17) is 0 Å². The van der Waals surface area contributed by atoms with Gasteiger partial charge in [-0.1, -0.05) is 24.3 Å². The van der Waals surface area contributed by atoms with Crippen molar-refractivity contribution in [3.63, 3.8) is 0 Å².